The molecule has 2 N–H and O–H groups in total. The van der Waals surface area contributed by atoms with E-state index in [1.54, 1.807) is 17.6 Å². The Bertz CT molecular complexity index is 1050. The lowest BCUT2D eigenvalue weighted by atomic mass is 10.1. The molecule has 0 amide bonds. The number of nitrogens with one attached hydrogen (secondary N) is 2. The molecule has 1 aromatic carbocycles. The van der Waals surface area contributed by atoms with Crippen molar-refractivity contribution < 1.29 is 4.42 Å². The molecular weight excluding hydrogens is 372 g/mol. The van der Waals surface area contributed by atoms with Crippen LogP contribution < -0.4 is 10.6 Å². The lowest BCUT2D eigenvalue weighted by Gasteiger charge is -2.09. The number of fused-ring (bicyclic) bond motifs is 1. The zero-order valence-electron chi connectivity index (χ0n) is 15.8. The molecule has 0 aliphatic carbocycles. The van der Waals surface area contributed by atoms with Gasteiger partial charge in [-0.05, 0) is 26.0 Å². The molecular formula is C20H22N6OS. The second-order valence-electron chi connectivity index (χ2n) is 6.38. The van der Waals surface area contributed by atoms with Gasteiger partial charge in [-0.15, -0.1) is 11.3 Å². The fourth-order valence-corrected chi connectivity index (χ4v) is 3.46. The molecule has 0 atom stereocenters. The second kappa shape index (κ2) is 8.26. The van der Waals surface area contributed by atoms with Gasteiger partial charge in [0.25, 0.3) is 0 Å². The molecule has 28 heavy (non-hydrogen) atoms. The third kappa shape index (κ3) is 4.23. The van der Waals surface area contributed by atoms with Gasteiger partial charge in [0.2, 0.25) is 5.89 Å². The van der Waals surface area contributed by atoms with Crippen molar-refractivity contribution in [1.82, 2.24) is 25.0 Å². The quantitative estimate of drug-likeness (QED) is 0.386. The van der Waals surface area contributed by atoms with Crippen LogP contribution >= 0.6 is 11.3 Å². The Labute approximate surface area is 167 Å². The molecule has 0 saturated carbocycles. The average molecular weight is 395 g/mol. The molecule has 0 spiro atoms. The largest absolute Gasteiger partial charge is 0.444 e. The number of thiazole rings is 1. The van der Waals surface area contributed by atoms with Crippen molar-refractivity contribution in [1.29, 1.82) is 0 Å². The summed E-state index contributed by atoms with van der Waals surface area (Å²) in [6.45, 7) is 5.91. The smallest absolute Gasteiger partial charge is 0.226 e. The highest BCUT2D eigenvalue weighted by atomic mass is 32.1. The van der Waals surface area contributed by atoms with Crippen molar-refractivity contribution >= 4 is 22.3 Å². The zero-order valence-corrected chi connectivity index (χ0v) is 16.7. The van der Waals surface area contributed by atoms with Crippen LogP contribution in [0.3, 0.4) is 0 Å². The van der Waals surface area contributed by atoms with E-state index in [1.165, 1.54) is 5.56 Å². The van der Waals surface area contributed by atoms with E-state index in [2.05, 4.69) is 32.5 Å². The number of benzene rings is 1. The van der Waals surface area contributed by atoms with E-state index in [4.69, 9.17) is 4.42 Å². The highest BCUT2D eigenvalue weighted by Gasteiger charge is 2.07. The summed E-state index contributed by atoms with van der Waals surface area (Å²) < 4.78 is 7.63. The number of imidazole rings is 1. The number of aromatic nitrogens is 3. The van der Waals surface area contributed by atoms with Gasteiger partial charge in [0.1, 0.15) is 12.0 Å². The van der Waals surface area contributed by atoms with Crippen LogP contribution in [0.15, 0.2) is 57.7 Å². The molecule has 4 rings (SSSR count). The Morgan fingerprint density at radius 3 is 2.82 bits per heavy atom. The first-order valence-corrected chi connectivity index (χ1v) is 10.0. The van der Waals surface area contributed by atoms with Gasteiger partial charge in [-0.3, -0.25) is 4.40 Å². The van der Waals surface area contributed by atoms with Gasteiger partial charge in [-0.25, -0.2) is 15.0 Å². The highest BCUT2D eigenvalue weighted by Crippen LogP contribution is 2.19. The Kier molecular flexibility index (Phi) is 5.38. The number of rotatable bonds is 6. The minimum Gasteiger partial charge on any atom is -0.444 e. The molecule has 8 heteroatoms. The molecule has 0 unspecified atom stereocenters. The van der Waals surface area contributed by atoms with Gasteiger partial charge in [0.05, 0.1) is 18.8 Å². The van der Waals surface area contributed by atoms with Gasteiger partial charge in [0, 0.05) is 29.9 Å². The maximum atomic E-state index is 5.60. The van der Waals surface area contributed by atoms with Gasteiger partial charge < -0.3 is 15.1 Å². The van der Waals surface area contributed by atoms with Crippen molar-refractivity contribution in [3.05, 3.63) is 65.3 Å². The van der Waals surface area contributed by atoms with Crippen LogP contribution in [0, 0.1) is 6.92 Å². The van der Waals surface area contributed by atoms with Crippen LogP contribution in [0.2, 0.25) is 0 Å². The summed E-state index contributed by atoms with van der Waals surface area (Å²) in [4.78, 5) is 14.7. The maximum Gasteiger partial charge on any atom is 0.226 e. The minimum absolute atomic E-state index is 0.434. The number of guanidine groups is 1. The van der Waals surface area contributed by atoms with Crippen molar-refractivity contribution in [3.8, 4) is 11.5 Å². The Morgan fingerprint density at radius 2 is 2.04 bits per heavy atom. The van der Waals surface area contributed by atoms with Gasteiger partial charge >= 0.3 is 0 Å². The molecule has 4 aromatic rings. The summed E-state index contributed by atoms with van der Waals surface area (Å²) in [6, 6.07) is 8.11. The van der Waals surface area contributed by atoms with Crippen LogP contribution in [-0.2, 0) is 13.1 Å². The standard InChI is InChI=1S/C20H22N6OS/c1-3-21-19(22-10-16-12-26-8-9-28-20(26)25-16)23-11-17-13-27-18(24-17)15-6-4-14(2)5-7-15/h4-9,12-13H,3,10-11H2,1-2H3,(H2,21,22,23). The van der Waals surface area contributed by atoms with Crippen molar-refractivity contribution in [2.45, 2.75) is 26.9 Å². The SMILES string of the molecule is CCNC(=NCc1coc(-c2ccc(C)cc2)n1)NCc1cn2ccsc2n1. The number of aliphatic imine (C=N–C) groups is 1. The van der Waals surface area contributed by atoms with Gasteiger partial charge in [-0.1, -0.05) is 17.7 Å². The summed E-state index contributed by atoms with van der Waals surface area (Å²) in [5.41, 5.74) is 3.93. The molecule has 0 fully saturated rings. The first kappa shape index (κ1) is 18.2. The summed E-state index contributed by atoms with van der Waals surface area (Å²) in [7, 11) is 0. The number of hydrogen-bond acceptors (Lipinski definition) is 5. The van der Waals surface area contributed by atoms with E-state index in [-0.39, 0.29) is 0 Å². The molecule has 0 aliphatic heterocycles. The summed E-state index contributed by atoms with van der Waals surface area (Å²) in [5, 5.41) is 8.58. The number of oxazole rings is 1. The lowest BCUT2D eigenvalue weighted by Crippen LogP contribution is -2.36. The topological polar surface area (TPSA) is 79.8 Å². The Hall–Kier alpha value is -3.13. The Morgan fingerprint density at radius 1 is 1.18 bits per heavy atom. The fourth-order valence-electron chi connectivity index (χ4n) is 2.75. The molecule has 0 bridgehead atoms. The predicted octanol–water partition coefficient (Wildman–Crippen LogP) is 3.61. The monoisotopic (exact) mass is 394 g/mol. The molecule has 3 heterocycles. The molecule has 0 saturated heterocycles. The van der Waals surface area contributed by atoms with Crippen molar-refractivity contribution in [2.24, 2.45) is 4.99 Å². The lowest BCUT2D eigenvalue weighted by molar-refractivity contribution is 0.572. The van der Waals surface area contributed by atoms with E-state index in [1.807, 2.05) is 53.4 Å². The van der Waals surface area contributed by atoms with E-state index >= 15 is 0 Å². The Balaban J connectivity index is 1.40. The summed E-state index contributed by atoms with van der Waals surface area (Å²) in [6.07, 6.45) is 5.69. The molecule has 144 valence electrons. The fraction of sp³-hybridized carbons (Fsp3) is 0.250. The third-order valence-corrected chi connectivity index (χ3v) is 4.94. The number of aryl methyl sites for hydroxylation is 1. The number of hydrogen-bond donors (Lipinski definition) is 2. The van der Waals surface area contributed by atoms with E-state index in [0.29, 0.717) is 19.0 Å². The van der Waals surface area contributed by atoms with Crippen LogP contribution in [-0.4, -0.2) is 26.9 Å². The van der Waals surface area contributed by atoms with Gasteiger partial charge in [0.15, 0.2) is 10.9 Å². The van der Waals surface area contributed by atoms with Crippen molar-refractivity contribution in [3.63, 3.8) is 0 Å². The average Bonchev–Trinajstić information content (AvgIpc) is 3.41. The van der Waals surface area contributed by atoms with Crippen LogP contribution in [0.5, 0.6) is 0 Å². The third-order valence-electron chi connectivity index (χ3n) is 4.17. The normalized spacial score (nSPS) is 11.9. The molecule has 0 aliphatic rings. The maximum absolute atomic E-state index is 5.60. The van der Waals surface area contributed by atoms with E-state index in [9.17, 15) is 0 Å². The van der Waals surface area contributed by atoms with Gasteiger partial charge in [-0.2, -0.15) is 0 Å². The summed E-state index contributed by atoms with van der Waals surface area (Å²) in [5.74, 6) is 1.33. The molecule has 3 aromatic heterocycles. The predicted molar refractivity (Wildman–Crippen MR) is 111 cm³/mol. The zero-order chi connectivity index (χ0) is 19.3. The molecule has 7 nitrogen and oxygen atoms in total. The first-order chi connectivity index (χ1) is 13.7. The van der Waals surface area contributed by atoms with E-state index < -0.39 is 0 Å². The first-order valence-electron chi connectivity index (χ1n) is 9.16. The molecule has 0 radical (unpaired) electrons. The van der Waals surface area contributed by atoms with E-state index in [0.717, 1.165) is 34.4 Å². The minimum atomic E-state index is 0.434. The second-order valence-corrected chi connectivity index (χ2v) is 7.26. The van der Waals surface area contributed by atoms with Crippen LogP contribution in [0.4, 0.5) is 0 Å². The van der Waals surface area contributed by atoms with Crippen LogP contribution in [0.25, 0.3) is 16.4 Å². The van der Waals surface area contributed by atoms with Crippen LogP contribution in [0.1, 0.15) is 23.9 Å². The number of nitrogens with zero attached hydrogens (tertiary/aromatic N) is 4. The van der Waals surface area contributed by atoms with Crippen molar-refractivity contribution in [2.75, 3.05) is 6.54 Å². The summed E-state index contributed by atoms with van der Waals surface area (Å²) >= 11 is 1.62. The highest BCUT2D eigenvalue weighted by molar-refractivity contribution is 7.15.